The molecule has 13 heavy (non-hydrogen) atoms. The first-order valence-corrected chi connectivity index (χ1v) is 4.50. The van der Waals surface area contributed by atoms with Gasteiger partial charge in [0.05, 0.1) is 6.61 Å². The molecule has 5 heteroatoms. The van der Waals surface area contributed by atoms with Crippen molar-refractivity contribution in [3.8, 4) is 11.5 Å². The van der Waals surface area contributed by atoms with E-state index in [2.05, 4.69) is 20.8 Å². The van der Waals surface area contributed by atoms with E-state index in [1.54, 1.807) is 0 Å². The first-order valence-electron chi connectivity index (χ1n) is 3.71. The Labute approximate surface area is 83.7 Å². The summed E-state index contributed by atoms with van der Waals surface area (Å²) in [7, 11) is 0. The second kappa shape index (κ2) is 3.53. The Hall–Kier alpha value is -0.780. The normalized spacial score (nSPS) is 13.4. The lowest BCUT2D eigenvalue weighted by Gasteiger charge is -2.04. The molecule has 2 rings (SSSR count). The van der Waals surface area contributed by atoms with Crippen LogP contribution in [0.2, 0.25) is 0 Å². The molecule has 0 saturated carbocycles. The van der Waals surface area contributed by atoms with Gasteiger partial charge in [0.2, 0.25) is 6.79 Å². The van der Waals surface area contributed by atoms with Crippen molar-refractivity contribution in [3.63, 3.8) is 0 Å². The Kier molecular flexibility index (Phi) is 2.39. The van der Waals surface area contributed by atoms with Gasteiger partial charge in [0, 0.05) is 10.0 Å². The van der Waals surface area contributed by atoms with Gasteiger partial charge < -0.3 is 9.47 Å². The SMILES string of the molecule is NOCc1cc(Br)cc2c1OCO2. The fraction of sp³-hybridized carbons (Fsp3) is 0.250. The van der Waals surface area contributed by atoms with Crippen LogP contribution in [0.5, 0.6) is 11.5 Å². The molecule has 0 fully saturated rings. The van der Waals surface area contributed by atoms with E-state index in [1.807, 2.05) is 12.1 Å². The van der Waals surface area contributed by atoms with Crippen LogP contribution in [-0.4, -0.2) is 6.79 Å². The maximum atomic E-state index is 5.26. The van der Waals surface area contributed by atoms with Gasteiger partial charge in [-0.25, -0.2) is 5.90 Å². The Balaban J connectivity index is 2.43. The highest BCUT2D eigenvalue weighted by Crippen LogP contribution is 2.38. The van der Waals surface area contributed by atoms with Gasteiger partial charge in [-0.2, -0.15) is 0 Å². The van der Waals surface area contributed by atoms with E-state index in [0.717, 1.165) is 15.8 Å². The molecule has 1 heterocycles. The molecule has 4 nitrogen and oxygen atoms in total. The lowest BCUT2D eigenvalue weighted by atomic mass is 10.2. The van der Waals surface area contributed by atoms with Crippen LogP contribution in [-0.2, 0) is 11.4 Å². The molecule has 0 atom stereocenters. The summed E-state index contributed by atoms with van der Waals surface area (Å²) < 4.78 is 11.4. The number of hydrogen-bond acceptors (Lipinski definition) is 4. The summed E-state index contributed by atoms with van der Waals surface area (Å²) >= 11 is 3.35. The van der Waals surface area contributed by atoms with Crippen LogP contribution in [0.15, 0.2) is 16.6 Å². The minimum absolute atomic E-state index is 0.253. The van der Waals surface area contributed by atoms with Gasteiger partial charge in [0.1, 0.15) is 0 Å². The van der Waals surface area contributed by atoms with Crippen molar-refractivity contribution in [1.29, 1.82) is 0 Å². The van der Waals surface area contributed by atoms with Gasteiger partial charge in [-0.15, -0.1) is 0 Å². The van der Waals surface area contributed by atoms with Gasteiger partial charge in [-0.05, 0) is 12.1 Å². The molecule has 0 aromatic heterocycles. The number of fused-ring (bicyclic) bond motifs is 1. The molecule has 0 radical (unpaired) electrons. The Morgan fingerprint density at radius 1 is 1.46 bits per heavy atom. The zero-order valence-corrected chi connectivity index (χ0v) is 8.33. The van der Waals surface area contributed by atoms with Crippen LogP contribution >= 0.6 is 15.9 Å². The predicted molar refractivity (Wildman–Crippen MR) is 49.2 cm³/mol. The summed E-state index contributed by atoms with van der Waals surface area (Å²) in [6, 6.07) is 3.74. The lowest BCUT2D eigenvalue weighted by Crippen LogP contribution is -2.00. The van der Waals surface area contributed by atoms with Crippen LogP contribution < -0.4 is 15.4 Å². The van der Waals surface area contributed by atoms with E-state index in [9.17, 15) is 0 Å². The van der Waals surface area contributed by atoms with Crippen molar-refractivity contribution in [1.82, 2.24) is 0 Å². The number of benzene rings is 1. The number of hydrogen-bond donors (Lipinski definition) is 1. The molecule has 1 aromatic carbocycles. The highest BCUT2D eigenvalue weighted by Gasteiger charge is 2.18. The molecule has 1 aromatic rings. The summed E-state index contributed by atoms with van der Waals surface area (Å²) in [5, 5.41) is 0. The Morgan fingerprint density at radius 2 is 2.31 bits per heavy atom. The van der Waals surface area contributed by atoms with Crippen LogP contribution in [0.25, 0.3) is 0 Å². The van der Waals surface area contributed by atoms with Crippen LogP contribution in [0.1, 0.15) is 5.56 Å². The Bertz CT molecular complexity index is 329. The monoisotopic (exact) mass is 245 g/mol. The van der Waals surface area contributed by atoms with E-state index in [0.29, 0.717) is 12.4 Å². The number of rotatable bonds is 2. The molecule has 0 amide bonds. The molecule has 0 saturated heterocycles. The van der Waals surface area contributed by atoms with Gasteiger partial charge in [0.15, 0.2) is 11.5 Å². The average Bonchev–Trinajstić information content (AvgIpc) is 2.52. The highest BCUT2D eigenvalue weighted by molar-refractivity contribution is 9.10. The molecule has 1 aliphatic rings. The fourth-order valence-corrected chi connectivity index (χ4v) is 1.73. The van der Waals surface area contributed by atoms with Crippen molar-refractivity contribution in [3.05, 3.63) is 22.2 Å². The first kappa shape index (κ1) is 8.80. The second-order valence-electron chi connectivity index (χ2n) is 2.61. The maximum Gasteiger partial charge on any atom is 0.231 e. The minimum Gasteiger partial charge on any atom is -0.454 e. The number of halogens is 1. The summed E-state index contributed by atoms with van der Waals surface area (Å²) in [6.45, 7) is 0.564. The van der Waals surface area contributed by atoms with Crippen molar-refractivity contribution in [2.75, 3.05) is 6.79 Å². The Morgan fingerprint density at radius 3 is 3.08 bits per heavy atom. The van der Waals surface area contributed by atoms with Gasteiger partial charge in [-0.3, -0.25) is 4.84 Å². The van der Waals surface area contributed by atoms with Crippen LogP contribution in [0.4, 0.5) is 0 Å². The molecular weight excluding hydrogens is 238 g/mol. The van der Waals surface area contributed by atoms with Gasteiger partial charge in [0.25, 0.3) is 0 Å². The zero-order valence-electron chi connectivity index (χ0n) is 6.75. The summed E-state index contributed by atoms with van der Waals surface area (Å²) in [6.07, 6.45) is 0. The molecule has 2 N–H and O–H groups in total. The fourth-order valence-electron chi connectivity index (χ4n) is 1.24. The van der Waals surface area contributed by atoms with Crippen LogP contribution in [0.3, 0.4) is 0 Å². The van der Waals surface area contributed by atoms with Gasteiger partial charge >= 0.3 is 0 Å². The van der Waals surface area contributed by atoms with Crippen molar-refractivity contribution in [2.45, 2.75) is 6.61 Å². The largest absolute Gasteiger partial charge is 0.454 e. The first-order chi connectivity index (χ1) is 6.31. The average molecular weight is 246 g/mol. The smallest absolute Gasteiger partial charge is 0.231 e. The molecule has 0 aliphatic carbocycles. The standard InChI is InChI=1S/C8H8BrNO3/c9-6-1-5(3-13-10)8-7(2-6)11-4-12-8/h1-2H,3-4,10H2. The van der Waals surface area contributed by atoms with Crippen molar-refractivity contribution in [2.24, 2.45) is 5.90 Å². The zero-order chi connectivity index (χ0) is 9.26. The van der Waals surface area contributed by atoms with E-state index in [4.69, 9.17) is 15.4 Å². The van der Waals surface area contributed by atoms with E-state index >= 15 is 0 Å². The lowest BCUT2D eigenvalue weighted by molar-refractivity contribution is 0.120. The molecule has 0 bridgehead atoms. The summed E-state index contributed by atoms with van der Waals surface area (Å²) in [4.78, 5) is 4.55. The number of ether oxygens (including phenoxy) is 2. The third kappa shape index (κ3) is 1.63. The summed E-state index contributed by atoms with van der Waals surface area (Å²) in [5.41, 5.74) is 0.879. The second-order valence-corrected chi connectivity index (χ2v) is 3.53. The highest BCUT2D eigenvalue weighted by atomic mass is 79.9. The summed E-state index contributed by atoms with van der Waals surface area (Å²) in [5.74, 6) is 6.43. The van der Waals surface area contributed by atoms with Crippen LogP contribution in [0, 0.1) is 0 Å². The van der Waals surface area contributed by atoms with E-state index in [1.165, 1.54) is 0 Å². The van der Waals surface area contributed by atoms with E-state index in [-0.39, 0.29) is 6.79 Å². The predicted octanol–water partition coefficient (Wildman–Crippen LogP) is 1.57. The van der Waals surface area contributed by atoms with Crippen molar-refractivity contribution < 1.29 is 14.3 Å². The minimum atomic E-state index is 0.253. The number of nitrogens with two attached hydrogens (primary N) is 1. The van der Waals surface area contributed by atoms with Crippen molar-refractivity contribution >= 4 is 15.9 Å². The quantitative estimate of drug-likeness (QED) is 0.804. The molecular formula is C8H8BrNO3. The third-order valence-electron chi connectivity index (χ3n) is 1.75. The topological polar surface area (TPSA) is 53.7 Å². The molecule has 70 valence electrons. The third-order valence-corrected chi connectivity index (χ3v) is 2.21. The molecule has 0 unspecified atom stereocenters. The molecule has 1 aliphatic heterocycles. The maximum absolute atomic E-state index is 5.26. The van der Waals surface area contributed by atoms with Gasteiger partial charge in [-0.1, -0.05) is 15.9 Å². The molecule has 0 spiro atoms. The van der Waals surface area contributed by atoms with E-state index < -0.39 is 0 Å².